The highest BCUT2D eigenvalue weighted by molar-refractivity contribution is 7.89. The lowest BCUT2D eigenvalue weighted by Crippen LogP contribution is -2.44. The number of carbonyl (C=O) groups excluding carboxylic acids is 2. The van der Waals surface area contributed by atoms with Gasteiger partial charge in [0.25, 0.3) is 5.91 Å². The number of esters is 1. The summed E-state index contributed by atoms with van der Waals surface area (Å²) in [5.74, 6) is -1.60. The molecule has 1 aliphatic rings. The number of aromatic nitrogens is 3. The zero-order valence-electron chi connectivity index (χ0n) is 16.9. The summed E-state index contributed by atoms with van der Waals surface area (Å²) in [5, 5.41) is 6.15. The molecule has 30 heavy (non-hydrogen) atoms. The Labute approximate surface area is 173 Å². The Morgan fingerprint density at radius 1 is 1.30 bits per heavy atom. The largest absolute Gasteiger partial charge is 0.452 e. The standard InChI is InChI=1S/C18H23N5O6S/c1-11-15(12(2)29-22-11)30(26,27)23-9-4-6-14(10-23)17(25)28-13(3)16(24)21-18-19-7-5-8-20-18/h5,7-8,13-14H,4,6,9-10H2,1-3H3,(H,19,20,21,24). The number of ether oxygens (including phenoxy) is 1. The van der Waals surface area contributed by atoms with Gasteiger partial charge in [-0.3, -0.25) is 14.9 Å². The number of sulfonamides is 1. The van der Waals surface area contributed by atoms with Crippen molar-refractivity contribution in [3.05, 3.63) is 29.9 Å². The van der Waals surface area contributed by atoms with Crippen LogP contribution in [0.5, 0.6) is 0 Å². The highest BCUT2D eigenvalue weighted by atomic mass is 32.2. The molecule has 0 bridgehead atoms. The van der Waals surface area contributed by atoms with Gasteiger partial charge in [0.05, 0.1) is 5.92 Å². The zero-order valence-corrected chi connectivity index (χ0v) is 17.7. The van der Waals surface area contributed by atoms with Crippen LogP contribution in [0.25, 0.3) is 0 Å². The molecule has 1 saturated heterocycles. The quantitative estimate of drug-likeness (QED) is 0.655. The highest BCUT2D eigenvalue weighted by Gasteiger charge is 2.37. The summed E-state index contributed by atoms with van der Waals surface area (Å²) in [4.78, 5) is 32.5. The number of hydrogen-bond acceptors (Lipinski definition) is 9. The Bertz CT molecular complexity index is 1000. The fourth-order valence-electron chi connectivity index (χ4n) is 3.22. The maximum absolute atomic E-state index is 13.0. The number of nitrogens with zero attached hydrogens (tertiary/aromatic N) is 4. The van der Waals surface area contributed by atoms with Gasteiger partial charge < -0.3 is 9.26 Å². The molecule has 0 saturated carbocycles. The maximum atomic E-state index is 13.0. The van der Waals surface area contributed by atoms with E-state index >= 15 is 0 Å². The number of hydrogen-bond donors (Lipinski definition) is 1. The van der Waals surface area contributed by atoms with Crippen LogP contribution in [-0.2, 0) is 24.3 Å². The molecule has 1 fully saturated rings. The molecule has 1 aliphatic heterocycles. The van der Waals surface area contributed by atoms with Crippen molar-refractivity contribution in [3.63, 3.8) is 0 Å². The minimum absolute atomic E-state index is 0.0205. The van der Waals surface area contributed by atoms with E-state index in [9.17, 15) is 18.0 Å². The third-order valence-corrected chi connectivity index (χ3v) is 6.86. The Morgan fingerprint density at radius 2 is 2.00 bits per heavy atom. The summed E-state index contributed by atoms with van der Waals surface area (Å²) in [6.07, 6.45) is 2.80. The van der Waals surface area contributed by atoms with Crippen LogP contribution in [0.2, 0.25) is 0 Å². The third-order valence-electron chi connectivity index (χ3n) is 4.75. The van der Waals surface area contributed by atoms with E-state index in [1.165, 1.54) is 30.5 Å². The predicted octanol–water partition coefficient (Wildman–Crippen LogP) is 1.05. The SMILES string of the molecule is Cc1noc(C)c1S(=O)(=O)N1CCCC(C(=O)OC(C)C(=O)Nc2ncccn2)C1. The molecule has 2 atom stereocenters. The molecule has 0 radical (unpaired) electrons. The molecular formula is C18H23N5O6S. The molecule has 162 valence electrons. The van der Waals surface area contributed by atoms with Gasteiger partial charge in [-0.05, 0) is 39.7 Å². The predicted molar refractivity (Wildman–Crippen MR) is 104 cm³/mol. The van der Waals surface area contributed by atoms with E-state index in [2.05, 4.69) is 20.4 Å². The van der Waals surface area contributed by atoms with Crippen molar-refractivity contribution in [3.8, 4) is 0 Å². The molecule has 12 heteroatoms. The Kier molecular flexibility index (Phi) is 6.46. The van der Waals surface area contributed by atoms with Crippen molar-refractivity contribution in [1.82, 2.24) is 19.4 Å². The first-order chi connectivity index (χ1) is 14.2. The van der Waals surface area contributed by atoms with Crippen LogP contribution in [0.4, 0.5) is 5.95 Å². The van der Waals surface area contributed by atoms with Crippen LogP contribution in [0, 0.1) is 19.8 Å². The van der Waals surface area contributed by atoms with Crippen LogP contribution >= 0.6 is 0 Å². The fourth-order valence-corrected chi connectivity index (χ4v) is 5.04. The molecule has 1 N–H and O–H groups in total. The normalized spacial score (nSPS) is 18.6. The Morgan fingerprint density at radius 3 is 2.63 bits per heavy atom. The highest BCUT2D eigenvalue weighted by Crippen LogP contribution is 2.28. The second kappa shape index (κ2) is 8.88. The molecule has 3 heterocycles. The topological polar surface area (TPSA) is 145 Å². The van der Waals surface area contributed by atoms with E-state index in [0.717, 1.165) is 0 Å². The fraction of sp³-hybridized carbons (Fsp3) is 0.500. The molecule has 0 aromatic carbocycles. The number of anilines is 1. The van der Waals surface area contributed by atoms with Gasteiger partial charge in [0.15, 0.2) is 11.9 Å². The molecular weight excluding hydrogens is 414 g/mol. The Hall–Kier alpha value is -2.86. The summed E-state index contributed by atoms with van der Waals surface area (Å²) >= 11 is 0. The van der Waals surface area contributed by atoms with Crippen molar-refractivity contribution in [2.24, 2.45) is 5.92 Å². The van der Waals surface area contributed by atoms with Gasteiger partial charge >= 0.3 is 5.97 Å². The number of rotatable bonds is 6. The number of amides is 1. The van der Waals surface area contributed by atoms with Crippen LogP contribution in [-0.4, -0.2) is 58.9 Å². The minimum Gasteiger partial charge on any atom is -0.452 e. The van der Waals surface area contributed by atoms with Gasteiger partial charge in [0.2, 0.25) is 16.0 Å². The van der Waals surface area contributed by atoms with Crippen molar-refractivity contribution in [1.29, 1.82) is 0 Å². The molecule has 3 rings (SSSR count). The number of piperidine rings is 1. The molecule has 2 aromatic rings. The van der Waals surface area contributed by atoms with Gasteiger partial charge in [-0.1, -0.05) is 5.16 Å². The summed E-state index contributed by atoms with van der Waals surface area (Å²) in [6, 6.07) is 1.60. The molecule has 0 spiro atoms. The van der Waals surface area contributed by atoms with Crippen LogP contribution in [0.15, 0.2) is 27.9 Å². The number of aryl methyl sites for hydroxylation is 2. The summed E-state index contributed by atoms with van der Waals surface area (Å²) < 4.78 is 37.4. The third kappa shape index (κ3) is 4.65. The number of nitrogens with one attached hydrogen (secondary N) is 1. The second-order valence-electron chi connectivity index (χ2n) is 7.00. The Balaban J connectivity index is 1.63. The van der Waals surface area contributed by atoms with Crippen LogP contribution < -0.4 is 5.32 Å². The monoisotopic (exact) mass is 437 g/mol. The molecule has 1 amide bonds. The molecule has 2 unspecified atom stereocenters. The number of carbonyl (C=O) groups is 2. The summed E-state index contributed by atoms with van der Waals surface area (Å²) in [5.41, 5.74) is 0.269. The van der Waals surface area contributed by atoms with Crippen molar-refractivity contribution in [2.45, 2.75) is 44.6 Å². The van der Waals surface area contributed by atoms with E-state index in [1.54, 1.807) is 13.0 Å². The zero-order chi connectivity index (χ0) is 21.9. The van der Waals surface area contributed by atoms with Crippen molar-refractivity contribution in [2.75, 3.05) is 18.4 Å². The first-order valence-corrected chi connectivity index (χ1v) is 10.9. The lowest BCUT2D eigenvalue weighted by Gasteiger charge is -2.31. The minimum atomic E-state index is -3.86. The van der Waals surface area contributed by atoms with E-state index in [-0.39, 0.29) is 35.4 Å². The van der Waals surface area contributed by atoms with Gasteiger partial charge in [-0.25, -0.2) is 18.4 Å². The second-order valence-corrected chi connectivity index (χ2v) is 8.87. The van der Waals surface area contributed by atoms with Crippen molar-refractivity contribution < 1.29 is 27.3 Å². The summed E-state index contributed by atoms with van der Waals surface area (Å²) in [6.45, 7) is 4.74. The van der Waals surface area contributed by atoms with Gasteiger partial charge in [0, 0.05) is 25.5 Å². The summed E-state index contributed by atoms with van der Waals surface area (Å²) in [7, 11) is -3.86. The van der Waals surface area contributed by atoms with Crippen LogP contribution in [0.3, 0.4) is 0 Å². The molecule has 0 aliphatic carbocycles. The first kappa shape index (κ1) is 21.8. The lowest BCUT2D eigenvalue weighted by atomic mass is 10.00. The average molecular weight is 437 g/mol. The smallest absolute Gasteiger partial charge is 0.311 e. The lowest BCUT2D eigenvalue weighted by molar-refractivity contribution is -0.158. The van der Waals surface area contributed by atoms with Crippen LogP contribution in [0.1, 0.15) is 31.2 Å². The van der Waals surface area contributed by atoms with E-state index in [1.807, 2.05) is 0 Å². The van der Waals surface area contributed by atoms with Gasteiger partial charge in [0.1, 0.15) is 10.6 Å². The van der Waals surface area contributed by atoms with E-state index in [0.29, 0.717) is 12.8 Å². The van der Waals surface area contributed by atoms with Gasteiger partial charge in [-0.15, -0.1) is 0 Å². The molecule has 2 aromatic heterocycles. The average Bonchev–Trinajstić information content (AvgIpc) is 3.07. The first-order valence-electron chi connectivity index (χ1n) is 9.41. The van der Waals surface area contributed by atoms with Crippen molar-refractivity contribution >= 4 is 27.8 Å². The van der Waals surface area contributed by atoms with Gasteiger partial charge in [-0.2, -0.15) is 4.31 Å². The maximum Gasteiger partial charge on any atom is 0.311 e. The van der Waals surface area contributed by atoms with E-state index in [4.69, 9.17) is 9.26 Å². The molecule has 11 nitrogen and oxygen atoms in total. The van der Waals surface area contributed by atoms with E-state index < -0.39 is 33.9 Å².